The number of anilines is 1. The molecule has 3 N–H and O–H groups in total. The van der Waals surface area contributed by atoms with Gasteiger partial charge in [0.25, 0.3) is 5.91 Å². The zero-order valence-electron chi connectivity index (χ0n) is 15.9. The molecule has 5 nitrogen and oxygen atoms in total. The van der Waals surface area contributed by atoms with Gasteiger partial charge in [0.2, 0.25) is 0 Å². The first-order chi connectivity index (χ1) is 13.1. The van der Waals surface area contributed by atoms with Crippen molar-refractivity contribution in [1.82, 2.24) is 0 Å². The van der Waals surface area contributed by atoms with Crippen LogP contribution in [-0.2, 0) is 11.3 Å². The minimum absolute atomic E-state index is 0.0350. The number of nitrogens with one attached hydrogen (secondary N) is 3. The highest BCUT2D eigenvalue weighted by Gasteiger charge is 2.31. The molecule has 0 radical (unpaired) electrons. The zero-order valence-corrected chi connectivity index (χ0v) is 16.7. The van der Waals surface area contributed by atoms with Crippen molar-refractivity contribution in [1.29, 1.82) is 0 Å². The number of carbonyl (C=O) groups excluding carboxylic acids is 1. The van der Waals surface area contributed by atoms with E-state index in [2.05, 4.69) is 11.4 Å². The predicted octanol–water partition coefficient (Wildman–Crippen LogP) is 0.659. The summed E-state index contributed by atoms with van der Waals surface area (Å²) in [6.07, 6.45) is 0. The second-order valence-corrected chi connectivity index (χ2v) is 7.56. The summed E-state index contributed by atoms with van der Waals surface area (Å²) in [5.74, 6) is 0.719. The molecule has 1 amide bonds. The minimum Gasteiger partial charge on any atom is -0.495 e. The third-order valence-corrected chi connectivity index (χ3v) is 5.55. The Kier molecular flexibility index (Phi) is 6.72. The smallest absolute Gasteiger partial charge is 0.282 e. The summed E-state index contributed by atoms with van der Waals surface area (Å²) in [4.78, 5) is 15.6. The van der Waals surface area contributed by atoms with E-state index in [0.29, 0.717) is 5.75 Å². The molecule has 2 aromatic rings. The van der Waals surface area contributed by atoms with Crippen molar-refractivity contribution in [2.75, 3.05) is 38.6 Å². The average molecular weight is 390 g/mol. The molecule has 144 valence electrons. The van der Waals surface area contributed by atoms with Crippen LogP contribution in [0.3, 0.4) is 0 Å². The van der Waals surface area contributed by atoms with Gasteiger partial charge in [-0.2, -0.15) is 0 Å². The first-order valence-corrected chi connectivity index (χ1v) is 9.81. The molecule has 1 aliphatic rings. The van der Waals surface area contributed by atoms with Crippen molar-refractivity contribution in [2.45, 2.75) is 19.5 Å². The Hall–Kier alpha value is -2.08. The van der Waals surface area contributed by atoms with Crippen molar-refractivity contribution < 1.29 is 19.3 Å². The van der Waals surface area contributed by atoms with E-state index in [-0.39, 0.29) is 11.9 Å². The van der Waals surface area contributed by atoms with Gasteiger partial charge in [0, 0.05) is 10.6 Å². The van der Waals surface area contributed by atoms with E-state index in [9.17, 15) is 4.79 Å². The van der Waals surface area contributed by atoms with Gasteiger partial charge in [-0.3, -0.25) is 4.79 Å². The summed E-state index contributed by atoms with van der Waals surface area (Å²) in [7, 11) is 1.61. The minimum atomic E-state index is -0.0948. The normalized spacial score (nSPS) is 20.7. The summed E-state index contributed by atoms with van der Waals surface area (Å²) in [6, 6.07) is 15.5. The van der Waals surface area contributed by atoms with Gasteiger partial charge in [0.1, 0.15) is 38.5 Å². The van der Waals surface area contributed by atoms with Gasteiger partial charge < -0.3 is 19.9 Å². The number of methoxy groups -OCH3 is 1. The van der Waals surface area contributed by atoms with Crippen LogP contribution in [-0.4, -0.2) is 45.2 Å². The molecule has 0 aliphatic carbocycles. The molecule has 1 aliphatic heterocycles. The van der Waals surface area contributed by atoms with Crippen LogP contribution in [0.15, 0.2) is 48.5 Å². The van der Waals surface area contributed by atoms with Gasteiger partial charge in [-0.1, -0.05) is 35.9 Å². The van der Waals surface area contributed by atoms with Crippen LogP contribution in [0.1, 0.15) is 12.5 Å². The average Bonchev–Trinajstić information content (AvgIpc) is 2.68. The summed E-state index contributed by atoms with van der Waals surface area (Å²) in [5.41, 5.74) is 1.99. The van der Waals surface area contributed by atoms with E-state index in [1.54, 1.807) is 12.0 Å². The van der Waals surface area contributed by atoms with Crippen LogP contribution in [0.4, 0.5) is 5.69 Å². The highest BCUT2D eigenvalue weighted by Crippen LogP contribution is 2.22. The number of benzene rings is 2. The van der Waals surface area contributed by atoms with E-state index in [1.807, 2.05) is 49.4 Å². The van der Waals surface area contributed by atoms with Gasteiger partial charge in [0.05, 0.1) is 12.8 Å². The quantitative estimate of drug-likeness (QED) is 0.679. The number of hydrogen-bond donors (Lipinski definition) is 3. The van der Waals surface area contributed by atoms with Gasteiger partial charge in [-0.15, -0.1) is 0 Å². The van der Waals surface area contributed by atoms with Crippen molar-refractivity contribution in [2.24, 2.45) is 0 Å². The SMILES string of the molecule is COc1ccccc1NC(=O)[C@@H](C)[NH+]1CC[NH+](Cc2cccc(Cl)c2)CC1. The summed E-state index contributed by atoms with van der Waals surface area (Å²) < 4.78 is 5.32. The maximum absolute atomic E-state index is 12.7. The predicted molar refractivity (Wildman–Crippen MR) is 108 cm³/mol. The maximum Gasteiger partial charge on any atom is 0.282 e. The van der Waals surface area contributed by atoms with E-state index in [1.165, 1.54) is 10.5 Å². The molecule has 0 bridgehead atoms. The lowest BCUT2D eigenvalue weighted by Gasteiger charge is -2.32. The molecule has 1 heterocycles. The molecule has 1 saturated heterocycles. The standard InChI is InChI=1S/C21H26ClN3O2/c1-16(21(26)23-19-8-3-4-9-20(19)27-2)25-12-10-24(11-13-25)15-17-6-5-7-18(22)14-17/h3-9,14,16H,10-13,15H2,1-2H3,(H,23,26)/p+2/t16-/m1/s1. The Morgan fingerprint density at radius 1 is 1.15 bits per heavy atom. The van der Waals surface area contributed by atoms with Crippen LogP contribution >= 0.6 is 11.6 Å². The zero-order chi connectivity index (χ0) is 19.2. The van der Waals surface area contributed by atoms with Gasteiger partial charge in [-0.25, -0.2) is 0 Å². The summed E-state index contributed by atoms with van der Waals surface area (Å²) >= 11 is 6.08. The monoisotopic (exact) mass is 389 g/mol. The molecule has 0 spiro atoms. The van der Waals surface area contributed by atoms with Crippen LogP contribution in [0.5, 0.6) is 5.75 Å². The number of rotatable bonds is 6. The number of amides is 1. The fraction of sp³-hybridized carbons (Fsp3) is 0.381. The van der Waals surface area contributed by atoms with E-state index >= 15 is 0 Å². The van der Waals surface area contributed by atoms with E-state index < -0.39 is 0 Å². The largest absolute Gasteiger partial charge is 0.495 e. The second kappa shape index (κ2) is 9.22. The topological polar surface area (TPSA) is 47.2 Å². The Morgan fingerprint density at radius 3 is 2.59 bits per heavy atom. The van der Waals surface area contributed by atoms with Crippen LogP contribution < -0.4 is 19.9 Å². The molecule has 1 fully saturated rings. The fourth-order valence-corrected chi connectivity index (χ4v) is 3.86. The molecule has 6 heteroatoms. The van der Waals surface area contributed by atoms with Crippen LogP contribution in [0.2, 0.25) is 5.02 Å². The molecule has 0 saturated carbocycles. The van der Waals surface area contributed by atoms with Crippen LogP contribution in [0.25, 0.3) is 0 Å². The van der Waals surface area contributed by atoms with Crippen LogP contribution in [0, 0.1) is 0 Å². The molecular weight excluding hydrogens is 362 g/mol. The first kappa shape index (κ1) is 19.7. The van der Waals surface area contributed by atoms with Crippen molar-refractivity contribution in [3.8, 4) is 5.75 Å². The van der Waals surface area contributed by atoms with Crippen molar-refractivity contribution >= 4 is 23.2 Å². The Balaban J connectivity index is 1.51. The number of hydrogen-bond acceptors (Lipinski definition) is 2. The number of ether oxygens (including phenoxy) is 1. The molecule has 0 unspecified atom stereocenters. The molecule has 2 aromatic carbocycles. The second-order valence-electron chi connectivity index (χ2n) is 7.13. The number of carbonyl (C=O) groups is 1. The fourth-order valence-electron chi connectivity index (χ4n) is 3.64. The highest BCUT2D eigenvalue weighted by atomic mass is 35.5. The van der Waals surface area contributed by atoms with E-state index in [4.69, 9.17) is 16.3 Å². The Bertz CT molecular complexity index is 776. The maximum atomic E-state index is 12.7. The van der Waals surface area contributed by atoms with Crippen molar-refractivity contribution in [3.63, 3.8) is 0 Å². The number of para-hydroxylation sites is 2. The number of halogens is 1. The third kappa shape index (κ3) is 5.22. The Labute approximate surface area is 165 Å². The van der Waals surface area contributed by atoms with Crippen molar-refractivity contribution in [3.05, 3.63) is 59.1 Å². The lowest BCUT2D eigenvalue weighted by Crippen LogP contribution is -3.29. The lowest BCUT2D eigenvalue weighted by atomic mass is 10.1. The molecule has 0 aromatic heterocycles. The van der Waals surface area contributed by atoms with E-state index in [0.717, 1.165) is 43.4 Å². The van der Waals surface area contributed by atoms with Gasteiger partial charge >= 0.3 is 0 Å². The molecular formula is C21H28ClN3O2+2. The molecule has 27 heavy (non-hydrogen) atoms. The highest BCUT2D eigenvalue weighted by molar-refractivity contribution is 6.30. The summed E-state index contributed by atoms with van der Waals surface area (Å²) in [5, 5.41) is 3.80. The first-order valence-electron chi connectivity index (χ1n) is 9.43. The summed E-state index contributed by atoms with van der Waals surface area (Å²) in [6.45, 7) is 7.05. The molecule has 1 atom stereocenters. The van der Waals surface area contributed by atoms with Gasteiger partial charge in [-0.05, 0) is 31.2 Å². The lowest BCUT2D eigenvalue weighted by molar-refractivity contribution is -1.02. The Morgan fingerprint density at radius 2 is 1.89 bits per heavy atom. The van der Waals surface area contributed by atoms with Gasteiger partial charge in [0.15, 0.2) is 6.04 Å². The third-order valence-electron chi connectivity index (χ3n) is 5.31. The number of quaternary nitrogens is 2. The number of piperazine rings is 1. The molecule has 3 rings (SSSR count).